The lowest BCUT2D eigenvalue weighted by Crippen LogP contribution is -2.32. The number of anilines is 1. The molecule has 1 aliphatic rings. The van der Waals surface area contributed by atoms with Gasteiger partial charge in [0.25, 0.3) is 11.6 Å². The Bertz CT molecular complexity index is 629. The van der Waals surface area contributed by atoms with Crippen molar-refractivity contribution in [3.63, 3.8) is 0 Å². The maximum absolute atomic E-state index is 11.9. The minimum atomic E-state index is -0.557. The van der Waals surface area contributed by atoms with E-state index in [1.807, 2.05) is 0 Å². The molecule has 1 aromatic carbocycles. The van der Waals surface area contributed by atoms with E-state index in [9.17, 15) is 19.7 Å². The first kappa shape index (κ1) is 14.1. The van der Waals surface area contributed by atoms with Gasteiger partial charge in [-0.15, -0.1) is 0 Å². The largest absolute Gasteiger partial charge is 0.321 e. The number of rotatable bonds is 3. The minimum Gasteiger partial charge on any atom is -0.321 e. The average molecular weight is 341 g/mol. The molecule has 0 unspecified atom stereocenters. The summed E-state index contributed by atoms with van der Waals surface area (Å²) in [5.74, 6) is -0.748. The fourth-order valence-electron chi connectivity index (χ4n) is 1.57. The van der Waals surface area contributed by atoms with Crippen LogP contribution < -0.4 is 10.7 Å². The molecule has 0 bridgehead atoms. The Hall–Kier alpha value is -2.29. The third-order valence-corrected chi connectivity index (χ3v) is 3.24. The highest BCUT2D eigenvalue weighted by molar-refractivity contribution is 9.10. The summed E-state index contributed by atoms with van der Waals surface area (Å²) in [5, 5.41) is 16.9. The molecule has 2 rings (SSSR count). The van der Waals surface area contributed by atoms with E-state index in [4.69, 9.17) is 0 Å². The Morgan fingerprint density at radius 3 is 2.80 bits per heavy atom. The number of nitro groups is 1. The van der Waals surface area contributed by atoms with Gasteiger partial charge in [0, 0.05) is 24.6 Å². The van der Waals surface area contributed by atoms with Gasteiger partial charge in [-0.05, 0) is 28.1 Å². The van der Waals surface area contributed by atoms with Crippen LogP contribution in [0.15, 0.2) is 27.8 Å². The van der Waals surface area contributed by atoms with Crippen molar-refractivity contribution in [1.82, 2.24) is 5.43 Å². The van der Waals surface area contributed by atoms with Crippen molar-refractivity contribution in [3.8, 4) is 0 Å². The van der Waals surface area contributed by atoms with Crippen molar-refractivity contribution in [2.24, 2.45) is 5.10 Å². The molecule has 1 aromatic rings. The van der Waals surface area contributed by atoms with Gasteiger partial charge in [-0.25, -0.2) is 5.43 Å². The van der Waals surface area contributed by atoms with E-state index in [-0.39, 0.29) is 35.8 Å². The van der Waals surface area contributed by atoms with Gasteiger partial charge in [0.1, 0.15) is 5.71 Å². The number of benzene rings is 1. The molecule has 2 N–H and O–H groups in total. The molecule has 104 valence electrons. The molecule has 0 saturated carbocycles. The minimum absolute atomic E-state index is 0.151. The Labute approximate surface area is 121 Å². The van der Waals surface area contributed by atoms with Gasteiger partial charge < -0.3 is 5.32 Å². The number of amides is 2. The number of carbonyl (C=O) groups excluding carboxylic acids is 2. The van der Waals surface area contributed by atoms with Gasteiger partial charge in [0.05, 0.1) is 9.40 Å². The number of hydrogen-bond acceptors (Lipinski definition) is 5. The second-order valence-electron chi connectivity index (χ2n) is 3.97. The van der Waals surface area contributed by atoms with Crippen LogP contribution in [-0.4, -0.2) is 22.4 Å². The summed E-state index contributed by atoms with van der Waals surface area (Å²) in [7, 11) is 0. The predicted molar refractivity (Wildman–Crippen MR) is 74.2 cm³/mol. The summed E-state index contributed by atoms with van der Waals surface area (Å²) in [5.41, 5.74) is 2.52. The molecule has 0 saturated heterocycles. The summed E-state index contributed by atoms with van der Waals surface area (Å²) in [6.07, 6.45) is 0.420. The zero-order valence-corrected chi connectivity index (χ0v) is 11.6. The molecule has 1 aliphatic heterocycles. The third kappa shape index (κ3) is 3.18. The number of hydrogen-bond donors (Lipinski definition) is 2. The lowest BCUT2D eigenvalue weighted by Gasteiger charge is -2.12. The Morgan fingerprint density at radius 2 is 2.20 bits per heavy atom. The first-order valence-electron chi connectivity index (χ1n) is 5.58. The van der Waals surface area contributed by atoms with Crippen LogP contribution in [0.25, 0.3) is 0 Å². The third-order valence-electron chi connectivity index (χ3n) is 2.57. The summed E-state index contributed by atoms with van der Waals surface area (Å²) >= 11 is 3.05. The molecule has 1 heterocycles. The Morgan fingerprint density at radius 1 is 1.45 bits per heavy atom. The number of halogens is 1. The van der Waals surface area contributed by atoms with E-state index < -0.39 is 10.8 Å². The molecule has 20 heavy (non-hydrogen) atoms. The highest BCUT2D eigenvalue weighted by Gasteiger charge is 2.19. The normalized spacial score (nSPS) is 14.2. The van der Waals surface area contributed by atoms with Crippen LogP contribution in [0, 0.1) is 10.1 Å². The van der Waals surface area contributed by atoms with Crippen molar-refractivity contribution >= 4 is 44.8 Å². The van der Waals surface area contributed by atoms with Gasteiger partial charge >= 0.3 is 0 Å². The molecule has 0 spiro atoms. The lowest BCUT2D eigenvalue weighted by atomic mass is 10.1. The molecular formula is C11H9BrN4O4. The van der Waals surface area contributed by atoms with E-state index in [1.165, 1.54) is 18.2 Å². The van der Waals surface area contributed by atoms with E-state index in [2.05, 4.69) is 31.8 Å². The first-order chi connectivity index (χ1) is 9.47. The van der Waals surface area contributed by atoms with Crippen molar-refractivity contribution in [2.45, 2.75) is 12.8 Å². The molecule has 2 amide bonds. The molecule has 8 nitrogen and oxygen atoms in total. The molecular weight excluding hydrogens is 332 g/mol. The summed E-state index contributed by atoms with van der Waals surface area (Å²) in [4.78, 5) is 33.0. The fourth-order valence-corrected chi connectivity index (χ4v) is 1.96. The van der Waals surface area contributed by atoms with E-state index in [0.29, 0.717) is 4.47 Å². The van der Waals surface area contributed by atoms with Crippen LogP contribution in [0.3, 0.4) is 0 Å². The van der Waals surface area contributed by atoms with Crippen molar-refractivity contribution in [1.29, 1.82) is 0 Å². The summed E-state index contributed by atoms with van der Waals surface area (Å²) in [6.45, 7) is 0. The maximum atomic E-state index is 11.9. The number of hydrazone groups is 1. The topological polar surface area (TPSA) is 114 Å². The quantitative estimate of drug-likeness (QED) is 0.641. The van der Waals surface area contributed by atoms with E-state index in [1.54, 1.807) is 0 Å². The standard InChI is InChI=1S/C11H9BrN4O4/c12-7-2-1-6(5-9(7)16(19)20)13-11(18)8-3-4-10(17)15-14-8/h1-2,5H,3-4H2,(H,13,18)(H,15,17). The highest BCUT2D eigenvalue weighted by Crippen LogP contribution is 2.27. The summed E-state index contributed by atoms with van der Waals surface area (Å²) < 4.78 is 0.322. The van der Waals surface area contributed by atoms with Crippen molar-refractivity contribution in [3.05, 3.63) is 32.8 Å². The molecule has 0 radical (unpaired) electrons. The first-order valence-corrected chi connectivity index (χ1v) is 6.37. The van der Waals surface area contributed by atoms with Gasteiger partial charge in [0.2, 0.25) is 5.91 Å². The second kappa shape index (κ2) is 5.78. The number of carbonyl (C=O) groups is 2. The van der Waals surface area contributed by atoms with E-state index in [0.717, 1.165) is 0 Å². The second-order valence-corrected chi connectivity index (χ2v) is 4.83. The lowest BCUT2D eigenvalue weighted by molar-refractivity contribution is -0.385. The van der Waals surface area contributed by atoms with Crippen LogP contribution >= 0.6 is 15.9 Å². The molecule has 0 aromatic heterocycles. The van der Waals surface area contributed by atoms with Crippen LogP contribution in [0.5, 0.6) is 0 Å². The zero-order valence-electron chi connectivity index (χ0n) is 10.1. The van der Waals surface area contributed by atoms with Crippen LogP contribution in [0.1, 0.15) is 12.8 Å². The number of nitrogens with one attached hydrogen (secondary N) is 2. The van der Waals surface area contributed by atoms with Gasteiger partial charge in [-0.2, -0.15) is 5.10 Å². The molecule has 0 atom stereocenters. The number of nitro benzene ring substituents is 1. The van der Waals surface area contributed by atoms with Crippen LogP contribution in [0.4, 0.5) is 11.4 Å². The Balaban J connectivity index is 2.14. The highest BCUT2D eigenvalue weighted by atomic mass is 79.9. The van der Waals surface area contributed by atoms with Gasteiger partial charge in [0.15, 0.2) is 0 Å². The van der Waals surface area contributed by atoms with Crippen molar-refractivity contribution in [2.75, 3.05) is 5.32 Å². The van der Waals surface area contributed by atoms with Crippen molar-refractivity contribution < 1.29 is 14.5 Å². The molecule has 9 heteroatoms. The average Bonchev–Trinajstić information content (AvgIpc) is 2.41. The number of nitrogens with zero attached hydrogens (tertiary/aromatic N) is 2. The van der Waals surface area contributed by atoms with Gasteiger partial charge in [-0.3, -0.25) is 19.7 Å². The Kier molecular flexibility index (Phi) is 4.08. The van der Waals surface area contributed by atoms with Gasteiger partial charge in [-0.1, -0.05) is 0 Å². The fraction of sp³-hybridized carbons (Fsp3) is 0.182. The molecule has 0 aliphatic carbocycles. The monoisotopic (exact) mass is 340 g/mol. The predicted octanol–water partition coefficient (Wildman–Crippen LogP) is 1.56. The maximum Gasteiger partial charge on any atom is 0.285 e. The smallest absolute Gasteiger partial charge is 0.285 e. The van der Waals surface area contributed by atoms with E-state index >= 15 is 0 Å². The molecule has 0 fully saturated rings. The van der Waals surface area contributed by atoms with Crippen LogP contribution in [-0.2, 0) is 9.59 Å². The zero-order chi connectivity index (χ0) is 14.7. The van der Waals surface area contributed by atoms with Crippen LogP contribution in [0.2, 0.25) is 0 Å². The summed E-state index contributed by atoms with van der Waals surface area (Å²) in [6, 6.07) is 4.24. The SMILES string of the molecule is O=C1CCC(C(=O)Nc2ccc(Br)c([N+](=O)[O-])c2)=NN1.